The molecule has 0 aliphatic carbocycles. The van der Waals surface area contributed by atoms with Crippen LogP contribution in [0.25, 0.3) is 0 Å². The second kappa shape index (κ2) is 10.1. The lowest BCUT2D eigenvalue weighted by atomic mass is 9.95. The van der Waals surface area contributed by atoms with Crippen molar-refractivity contribution in [1.29, 1.82) is 0 Å². The van der Waals surface area contributed by atoms with Crippen LogP contribution in [0, 0.1) is 11.7 Å². The summed E-state index contributed by atoms with van der Waals surface area (Å²) in [6.45, 7) is 0.643. The van der Waals surface area contributed by atoms with Crippen molar-refractivity contribution in [3.05, 3.63) is 59.4 Å². The molecular weight excluding hydrogens is 456 g/mol. The average Bonchev–Trinajstić information content (AvgIpc) is 2.79. The molecule has 3 rings (SSSR count). The molecule has 0 spiro atoms. The third-order valence-electron chi connectivity index (χ3n) is 5.48. The molecule has 34 heavy (non-hydrogen) atoms. The van der Waals surface area contributed by atoms with Crippen LogP contribution in [0.3, 0.4) is 0 Å². The number of anilines is 2. The summed E-state index contributed by atoms with van der Waals surface area (Å²) in [6.07, 6.45) is -4.17. The van der Waals surface area contributed by atoms with E-state index in [1.807, 2.05) is 0 Å². The summed E-state index contributed by atoms with van der Waals surface area (Å²) >= 11 is 0. The number of amides is 4. The second-order valence-electron chi connectivity index (χ2n) is 8.12. The van der Waals surface area contributed by atoms with Gasteiger partial charge in [0.2, 0.25) is 5.91 Å². The highest BCUT2D eigenvalue weighted by Gasteiger charge is 2.35. The molecule has 2 aromatic rings. The molecule has 0 radical (unpaired) electrons. The molecule has 4 amide bonds. The van der Waals surface area contributed by atoms with Crippen LogP contribution in [0.4, 0.5) is 33.7 Å². The molecule has 1 fully saturated rings. The Hall–Kier alpha value is -3.63. The number of piperidine rings is 1. The average molecular weight is 480 g/mol. The standard InChI is InChI=1S/C23H24F4N4O3/c1-30(2)22(34)31-11-9-14(10-12-31)20(32)29-19-8-7-15(13-17(19)23(25,26)27)28-21(33)16-5-3-4-6-18(16)24/h3-8,13-14H,9-12H2,1-2H3,(H,28,33)(H,29,32). The van der Waals surface area contributed by atoms with Gasteiger partial charge in [0.25, 0.3) is 5.91 Å². The molecule has 1 saturated heterocycles. The maximum Gasteiger partial charge on any atom is 0.418 e. The molecule has 7 nitrogen and oxygen atoms in total. The van der Waals surface area contributed by atoms with Crippen LogP contribution in [0.2, 0.25) is 0 Å². The monoisotopic (exact) mass is 480 g/mol. The Balaban J connectivity index is 1.72. The molecule has 1 aliphatic rings. The van der Waals surface area contributed by atoms with Crippen LogP contribution in [-0.2, 0) is 11.0 Å². The SMILES string of the molecule is CN(C)C(=O)N1CCC(C(=O)Nc2ccc(NC(=O)c3ccccc3F)cc2C(F)(F)F)CC1. The number of urea groups is 1. The fraction of sp³-hybridized carbons (Fsp3) is 0.348. The zero-order valence-electron chi connectivity index (χ0n) is 18.6. The first-order valence-corrected chi connectivity index (χ1v) is 10.5. The van der Waals surface area contributed by atoms with E-state index in [4.69, 9.17) is 0 Å². The van der Waals surface area contributed by atoms with E-state index in [9.17, 15) is 31.9 Å². The van der Waals surface area contributed by atoms with Crippen LogP contribution >= 0.6 is 0 Å². The van der Waals surface area contributed by atoms with Gasteiger partial charge in [-0.2, -0.15) is 13.2 Å². The first-order valence-electron chi connectivity index (χ1n) is 10.5. The van der Waals surface area contributed by atoms with Crippen molar-refractivity contribution < 1.29 is 31.9 Å². The van der Waals surface area contributed by atoms with E-state index < -0.39 is 41.0 Å². The van der Waals surface area contributed by atoms with Crippen LogP contribution in [0.1, 0.15) is 28.8 Å². The highest BCUT2D eigenvalue weighted by molar-refractivity contribution is 6.04. The minimum absolute atomic E-state index is 0.189. The maximum atomic E-state index is 13.8. The molecule has 1 heterocycles. The third-order valence-corrected chi connectivity index (χ3v) is 5.48. The van der Waals surface area contributed by atoms with Gasteiger partial charge < -0.3 is 20.4 Å². The maximum absolute atomic E-state index is 13.8. The minimum atomic E-state index is -4.82. The molecule has 182 valence electrons. The normalized spacial score (nSPS) is 14.5. The summed E-state index contributed by atoms with van der Waals surface area (Å²) < 4.78 is 54.9. The summed E-state index contributed by atoms with van der Waals surface area (Å²) in [4.78, 5) is 39.9. The fourth-order valence-electron chi connectivity index (χ4n) is 3.66. The van der Waals surface area contributed by atoms with Gasteiger partial charge in [-0.05, 0) is 43.2 Å². The largest absolute Gasteiger partial charge is 0.418 e. The number of nitrogens with zero attached hydrogens (tertiary/aromatic N) is 2. The van der Waals surface area contributed by atoms with Crippen molar-refractivity contribution in [2.75, 3.05) is 37.8 Å². The topological polar surface area (TPSA) is 81.8 Å². The van der Waals surface area contributed by atoms with Crippen LogP contribution in [0.15, 0.2) is 42.5 Å². The smallest absolute Gasteiger partial charge is 0.331 e. The van der Waals surface area contributed by atoms with Crippen molar-refractivity contribution >= 4 is 29.2 Å². The van der Waals surface area contributed by atoms with Crippen molar-refractivity contribution in [2.45, 2.75) is 19.0 Å². The first kappa shape index (κ1) is 25.0. The van der Waals surface area contributed by atoms with Crippen molar-refractivity contribution in [1.82, 2.24) is 9.80 Å². The first-order chi connectivity index (χ1) is 16.0. The number of nitrogens with one attached hydrogen (secondary N) is 2. The van der Waals surface area contributed by atoms with E-state index in [-0.39, 0.29) is 17.3 Å². The number of halogens is 4. The number of alkyl halides is 3. The summed E-state index contributed by atoms with van der Waals surface area (Å²) in [5, 5.41) is 4.58. The molecule has 11 heteroatoms. The molecule has 0 unspecified atom stereocenters. The van der Waals surface area contributed by atoms with Gasteiger partial charge in [-0.3, -0.25) is 9.59 Å². The molecule has 0 saturated carbocycles. The Labute approximate surface area is 193 Å². The van der Waals surface area contributed by atoms with Crippen LogP contribution in [0.5, 0.6) is 0 Å². The van der Waals surface area contributed by atoms with Gasteiger partial charge in [-0.1, -0.05) is 12.1 Å². The number of hydrogen-bond acceptors (Lipinski definition) is 3. The van der Waals surface area contributed by atoms with Gasteiger partial charge in [0, 0.05) is 38.8 Å². The van der Waals surface area contributed by atoms with Crippen LogP contribution < -0.4 is 10.6 Å². The van der Waals surface area contributed by atoms with Gasteiger partial charge in [-0.15, -0.1) is 0 Å². The molecule has 0 atom stereocenters. The lowest BCUT2D eigenvalue weighted by Crippen LogP contribution is -2.45. The number of carbonyl (C=O) groups excluding carboxylic acids is 3. The number of hydrogen-bond donors (Lipinski definition) is 2. The van der Waals surface area contributed by atoms with E-state index in [2.05, 4.69) is 10.6 Å². The van der Waals surface area contributed by atoms with Crippen LogP contribution in [-0.4, -0.2) is 54.8 Å². The van der Waals surface area contributed by atoms with E-state index >= 15 is 0 Å². The highest BCUT2D eigenvalue weighted by atomic mass is 19.4. The number of rotatable bonds is 4. The minimum Gasteiger partial charge on any atom is -0.331 e. The van der Waals surface area contributed by atoms with E-state index in [1.54, 1.807) is 19.0 Å². The Morgan fingerprint density at radius 1 is 1.00 bits per heavy atom. The van der Waals surface area contributed by atoms with E-state index in [0.717, 1.165) is 12.1 Å². The molecule has 1 aliphatic heterocycles. The van der Waals surface area contributed by atoms with Crippen molar-refractivity contribution in [2.24, 2.45) is 5.92 Å². The highest BCUT2D eigenvalue weighted by Crippen LogP contribution is 2.37. The Morgan fingerprint density at radius 2 is 1.65 bits per heavy atom. The molecular formula is C23H24F4N4O3. The third kappa shape index (κ3) is 5.83. The summed E-state index contributed by atoms with van der Waals surface area (Å²) in [7, 11) is 3.23. The predicted octanol–water partition coefficient (Wildman–Crippen LogP) is 4.43. The summed E-state index contributed by atoms with van der Waals surface area (Å²) in [6, 6.07) is 7.83. The van der Waals surface area contributed by atoms with Gasteiger partial charge in [0.1, 0.15) is 5.82 Å². The Bertz CT molecular complexity index is 1080. The zero-order chi connectivity index (χ0) is 25.0. The summed E-state index contributed by atoms with van der Waals surface area (Å²) in [5.74, 6) is -2.83. The van der Waals surface area contributed by atoms with Gasteiger partial charge in [0.15, 0.2) is 0 Å². The Morgan fingerprint density at radius 3 is 2.24 bits per heavy atom. The van der Waals surface area contributed by atoms with Crippen molar-refractivity contribution in [3.8, 4) is 0 Å². The molecule has 2 N–H and O–H groups in total. The number of likely N-dealkylation sites (tertiary alicyclic amines) is 1. The zero-order valence-corrected chi connectivity index (χ0v) is 18.6. The number of benzene rings is 2. The molecule has 0 aromatic heterocycles. The predicted molar refractivity (Wildman–Crippen MR) is 118 cm³/mol. The lowest BCUT2D eigenvalue weighted by molar-refractivity contribution is -0.137. The Kier molecular flexibility index (Phi) is 7.43. The van der Waals surface area contributed by atoms with Gasteiger partial charge in [-0.25, -0.2) is 9.18 Å². The molecule has 0 bridgehead atoms. The fourth-order valence-corrected chi connectivity index (χ4v) is 3.66. The second-order valence-corrected chi connectivity index (χ2v) is 8.12. The van der Waals surface area contributed by atoms with E-state index in [0.29, 0.717) is 32.0 Å². The van der Waals surface area contributed by atoms with Crippen molar-refractivity contribution in [3.63, 3.8) is 0 Å². The summed E-state index contributed by atoms with van der Waals surface area (Å²) in [5.41, 5.74) is -2.11. The van der Waals surface area contributed by atoms with E-state index in [1.165, 1.54) is 29.2 Å². The van der Waals surface area contributed by atoms with Gasteiger partial charge >= 0.3 is 12.2 Å². The lowest BCUT2D eigenvalue weighted by Gasteiger charge is -2.33. The quantitative estimate of drug-likeness (QED) is 0.636. The molecule has 2 aromatic carbocycles. The van der Waals surface area contributed by atoms with Gasteiger partial charge in [0.05, 0.1) is 16.8 Å². The number of carbonyl (C=O) groups is 3.